The van der Waals surface area contributed by atoms with Crippen LogP contribution in [-0.4, -0.2) is 41.8 Å². The Morgan fingerprint density at radius 1 is 1.32 bits per heavy atom. The van der Waals surface area contributed by atoms with Crippen LogP contribution < -0.4 is 0 Å². The second-order valence-corrected chi connectivity index (χ2v) is 6.02. The Morgan fingerprint density at radius 2 is 2.00 bits per heavy atom. The highest BCUT2D eigenvalue weighted by atomic mass is 16.6. The molecule has 0 aromatic carbocycles. The summed E-state index contributed by atoms with van der Waals surface area (Å²) in [4.78, 5) is 25.7. The second-order valence-electron chi connectivity index (χ2n) is 6.02. The molecule has 0 radical (unpaired) electrons. The Labute approximate surface area is 113 Å². The molecule has 2 atom stereocenters. The number of fused-ring (bicyclic) bond motifs is 2. The molecule has 0 unspecified atom stereocenters. The maximum atomic E-state index is 12.3. The van der Waals surface area contributed by atoms with Gasteiger partial charge in [-0.2, -0.15) is 0 Å². The lowest BCUT2D eigenvalue weighted by Gasteiger charge is -2.35. The molecule has 2 bridgehead atoms. The summed E-state index contributed by atoms with van der Waals surface area (Å²) >= 11 is 0. The normalized spacial score (nSPS) is 25.9. The van der Waals surface area contributed by atoms with Crippen LogP contribution in [0, 0.1) is 0 Å². The average Bonchev–Trinajstić information content (AvgIpc) is 2.61. The van der Waals surface area contributed by atoms with E-state index in [0.29, 0.717) is 12.0 Å². The first-order chi connectivity index (χ1) is 8.83. The van der Waals surface area contributed by atoms with E-state index in [-0.39, 0.29) is 24.1 Å². The molecule has 0 aromatic rings. The van der Waals surface area contributed by atoms with Gasteiger partial charge in [-0.15, -0.1) is 0 Å². The first kappa shape index (κ1) is 13.9. The third kappa shape index (κ3) is 2.74. The van der Waals surface area contributed by atoms with Crippen molar-refractivity contribution in [3.63, 3.8) is 0 Å². The summed E-state index contributed by atoms with van der Waals surface area (Å²) < 4.78 is 10.2. The molecular weight excluding hydrogens is 246 g/mol. The topological polar surface area (TPSA) is 55.8 Å². The van der Waals surface area contributed by atoms with Crippen LogP contribution in [0.4, 0.5) is 4.79 Å². The number of hydrogen-bond acceptors (Lipinski definition) is 4. The van der Waals surface area contributed by atoms with Crippen LogP contribution in [0.2, 0.25) is 0 Å². The summed E-state index contributed by atoms with van der Waals surface area (Å²) in [6.45, 7) is 5.52. The second kappa shape index (κ2) is 4.87. The highest BCUT2D eigenvalue weighted by molar-refractivity contribution is 5.91. The van der Waals surface area contributed by atoms with E-state index in [4.69, 9.17) is 9.47 Å². The predicted octanol–water partition coefficient (Wildman–Crippen LogP) is 2.26. The summed E-state index contributed by atoms with van der Waals surface area (Å²) in [5.41, 5.74) is 0.0606. The zero-order valence-electron chi connectivity index (χ0n) is 11.9. The van der Waals surface area contributed by atoms with E-state index in [1.807, 2.05) is 26.8 Å². The van der Waals surface area contributed by atoms with Gasteiger partial charge in [0.15, 0.2) is 0 Å². The van der Waals surface area contributed by atoms with Gasteiger partial charge in [0.05, 0.1) is 18.7 Å². The molecule has 1 fully saturated rings. The molecule has 106 valence electrons. The van der Waals surface area contributed by atoms with E-state index >= 15 is 0 Å². The van der Waals surface area contributed by atoms with Gasteiger partial charge in [-0.3, -0.25) is 4.90 Å². The Bertz CT molecular complexity index is 422. The largest absolute Gasteiger partial charge is 0.466 e. The minimum absolute atomic E-state index is 0.147. The van der Waals surface area contributed by atoms with Crippen LogP contribution in [0.3, 0.4) is 0 Å². The summed E-state index contributed by atoms with van der Waals surface area (Å²) in [5, 5.41) is 0. The molecule has 0 spiro atoms. The summed E-state index contributed by atoms with van der Waals surface area (Å²) in [6.07, 6.45) is 3.95. The molecular formula is C14H21NO4. The van der Waals surface area contributed by atoms with Crippen LogP contribution >= 0.6 is 0 Å². The number of nitrogens with zero attached hydrogens (tertiary/aromatic N) is 1. The third-order valence-corrected chi connectivity index (χ3v) is 3.50. The molecule has 2 rings (SSSR count). The fourth-order valence-electron chi connectivity index (χ4n) is 2.75. The van der Waals surface area contributed by atoms with E-state index in [1.165, 1.54) is 7.11 Å². The Kier molecular flexibility index (Phi) is 3.56. The van der Waals surface area contributed by atoms with Gasteiger partial charge in [-0.25, -0.2) is 9.59 Å². The molecule has 0 aromatic heterocycles. The van der Waals surface area contributed by atoms with Crippen molar-refractivity contribution in [3.05, 3.63) is 11.6 Å². The molecule has 1 saturated heterocycles. The maximum Gasteiger partial charge on any atom is 0.411 e. The fraction of sp³-hybridized carbons (Fsp3) is 0.714. The van der Waals surface area contributed by atoms with Crippen molar-refractivity contribution in [1.82, 2.24) is 4.90 Å². The zero-order chi connectivity index (χ0) is 14.2. The number of carbonyl (C=O) groups is 2. The average molecular weight is 267 g/mol. The number of rotatable bonds is 1. The van der Waals surface area contributed by atoms with E-state index in [0.717, 1.165) is 12.8 Å². The molecule has 0 saturated carbocycles. The number of ether oxygens (including phenoxy) is 2. The van der Waals surface area contributed by atoms with Gasteiger partial charge in [0.2, 0.25) is 0 Å². The highest BCUT2D eigenvalue weighted by Gasteiger charge is 2.44. The number of hydrogen-bond donors (Lipinski definition) is 0. The van der Waals surface area contributed by atoms with Crippen molar-refractivity contribution >= 4 is 12.1 Å². The maximum absolute atomic E-state index is 12.3. The minimum Gasteiger partial charge on any atom is -0.466 e. The summed E-state index contributed by atoms with van der Waals surface area (Å²) in [7, 11) is 1.36. The van der Waals surface area contributed by atoms with Crippen molar-refractivity contribution in [2.45, 2.75) is 57.7 Å². The SMILES string of the molecule is COC(=O)C1=CC[C@@H]2CC[C@H]1N2C(=O)OC(C)(C)C. The Hall–Kier alpha value is -1.52. The van der Waals surface area contributed by atoms with E-state index in [9.17, 15) is 9.59 Å². The quantitative estimate of drug-likeness (QED) is 0.684. The number of methoxy groups -OCH3 is 1. The molecule has 0 aliphatic carbocycles. The number of amides is 1. The van der Waals surface area contributed by atoms with Crippen LogP contribution in [0.1, 0.15) is 40.0 Å². The van der Waals surface area contributed by atoms with E-state index in [1.54, 1.807) is 4.90 Å². The van der Waals surface area contributed by atoms with Crippen molar-refractivity contribution in [1.29, 1.82) is 0 Å². The molecule has 5 heteroatoms. The predicted molar refractivity (Wildman–Crippen MR) is 69.6 cm³/mol. The van der Waals surface area contributed by atoms with Crippen LogP contribution in [0.25, 0.3) is 0 Å². The fourth-order valence-corrected chi connectivity index (χ4v) is 2.75. The van der Waals surface area contributed by atoms with E-state index in [2.05, 4.69) is 0 Å². The van der Waals surface area contributed by atoms with Crippen LogP contribution in [0.15, 0.2) is 11.6 Å². The lowest BCUT2D eigenvalue weighted by Crippen LogP contribution is -2.47. The summed E-state index contributed by atoms with van der Waals surface area (Å²) in [5.74, 6) is -0.348. The van der Waals surface area contributed by atoms with Gasteiger partial charge < -0.3 is 9.47 Å². The Morgan fingerprint density at radius 3 is 2.58 bits per heavy atom. The minimum atomic E-state index is -0.525. The first-order valence-electron chi connectivity index (χ1n) is 6.63. The van der Waals surface area contributed by atoms with Crippen LogP contribution in [0.5, 0.6) is 0 Å². The van der Waals surface area contributed by atoms with Gasteiger partial charge in [-0.1, -0.05) is 6.08 Å². The van der Waals surface area contributed by atoms with Crippen molar-refractivity contribution < 1.29 is 19.1 Å². The molecule has 19 heavy (non-hydrogen) atoms. The molecule has 2 aliphatic rings. The molecule has 2 heterocycles. The van der Waals surface area contributed by atoms with Crippen molar-refractivity contribution in [2.24, 2.45) is 0 Å². The van der Waals surface area contributed by atoms with Gasteiger partial charge in [0, 0.05) is 6.04 Å². The van der Waals surface area contributed by atoms with Gasteiger partial charge >= 0.3 is 12.1 Å². The molecule has 1 amide bonds. The lowest BCUT2D eigenvalue weighted by atomic mass is 10.0. The highest BCUT2D eigenvalue weighted by Crippen LogP contribution is 2.37. The monoisotopic (exact) mass is 267 g/mol. The van der Waals surface area contributed by atoms with E-state index < -0.39 is 5.60 Å². The smallest absolute Gasteiger partial charge is 0.411 e. The van der Waals surface area contributed by atoms with Gasteiger partial charge in [0.25, 0.3) is 0 Å². The number of carbonyl (C=O) groups excluding carboxylic acids is 2. The molecule has 0 N–H and O–H groups in total. The van der Waals surface area contributed by atoms with Crippen molar-refractivity contribution in [3.8, 4) is 0 Å². The third-order valence-electron chi connectivity index (χ3n) is 3.50. The lowest BCUT2D eigenvalue weighted by molar-refractivity contribution is -0.136. The summed E-state index contributed by atoms with van der Waals surface area (Å²) in [6, 6.07) is -0.0469. The van der Waals surface area contributed by atoms with Gasteiger partial charge in [0.1, 0.15) is 5.60 Å². The molecule has 5 nitrogen and oxygen atoms in total. The zero-order valence-corrected chi connectivity index (χ0v) is 11.9. The van der Waals surface area contributed by atoms with Crippen LogP contribution in [-0.2, 0) is 14.3 Å². The molecule has 2 aliphatic heterocycles. The van der Waals surface area contributed by atoms with Gasteiger partial charge in [-0.05, 0) is 40.0 Å². The Balaban J connectivity index is 2.17. The standard InChI is InChI=1S/C14H21NO4/c1-14(2,3)19-13(17)15-9-5-7-10(12(16)18-4)11(15)8-6-9/h7,9,11H,5-6,8H2,1-4H3/t9-,11-/m1/s1. The number of esters is 1. The first-order valence-corrected chi connectivity index (χ1v) is 6.63. The van der Waals surface area contributed by atoms with Crippen molar-refractivity contribution in [2.75, 3.05) is 7.11 Å².